The van der Waals surface area contributed by atoms with Gasteiger partial charge in [0.1, 0.15) is 17.4 Å². The lowest BCUT2D eigenvalue weighted by atomic mass is 10.1. The number of amides is 2. The molecule has 0 unspecified atom stereocenters. The fraction of sp³-hybridized carbons (Fsp3) is 0.769. The zero-order valence-corrected chi connectivity index (χ0v) is 14.7. The normalized spacial score (nSPS) is 12.5. The number of carbonyl (C=O) groups is 3. The van der Waals surface area contributed by atoms with E-state index in [1.807, 2.05) is 0 Å². The summed E-state index contributed by atoms with van der Waals surface area (Å²) in [5, 5.41) is 3.68. The first-order chi connectivity index (χ1) is 9.60. The zero-order chi connectivity index (χ0) is 16.6. The van der Waals surface area contributed by atoms with Crippen molar-refractivity contribution in [3.63, 3.8) is 0 Å². The summed E-state index contributed by atoms with van der Waals surface area (Å²) in [7, 11) is 2.77. The number of rotatable bonds is 7. The number of alkyl carbamates (subject to hydrolysis) is 1. The maximum atomic E-state index is 12.1. The van der Waals surface area contributed by atoms with Crippen molar-refractivity contribution in [2.24, 2.45) is 0 Å². The molecule has 0 aromatic heterocycles. The fourth-order valence-corrected chi connectivity index (χ4v) is 1.67. The van der Waals surface area contributed by atoms with Crippen LogP contribution >= 0.6 is 15.9 Å². The first-order valence-electron chi connectivity index (χ1n) is 6.49. The van der Waals surface area contributed by atoms with Gasteiger partial charge in [-0.15, -0.1) is 0 Å². The minimum Gasteiger partial charge on any atom is -0.444 e. The smallest absolute Gasteiger partial charge is 0.408 e. The Bertz CT molecular complexity index is 381. The fourth-order valence-electron chi connectivity index (χ4n) is 1.39. The molecule has 0 aliphatic heterocycles. The lowest BCUT2D eigenvalue weighted by Crippen LogP contribution is -2.48. The topological polar surface area (TPSA) is 84.9 Å². The van der Waals surface area contributed by atoms with Gasteiger partial charge in [0.2, 0.25) is 0 Å². The van der Waals surface area contributed by atoms with Gasteiger partial charge < -0.3 is 10.1 Å². The van der Waals surface area contributed by atoms with E-state index in [0.29, 0.717) is 0 Å². The average molecular weight is 367 g/mol. The summed E-state index contributed by atoms with van der Waals surface area (Å²) in [5.74, 6) is -0.510. The second-order valence-electron chi connectivity index (χ2n) is 5.43. The molecule has 0 heterocycles. The Balaban J connectivity index is 4.76. The molecule has 0 rings (SSSR count). The Hall–Kier alpha value is -1.15. The molecule has 0 bridgehead atoms. The SMILES string of the molecule is CON(C)C(=O)[C@H](CCC(=O)CBr)NC(=O)OC(C)(C)C. The van der Waals surface area contributed by atoms with Crippen molar-refractivity contribution in [1.29, 1.82) is 0 Å². The van der Waals surface area contributed by atoms with Gasteiger partial charge in [0.25, 0.3) is 5.91 Å². The molecule has 21 heavy (non-hydrogen) atoms. The van der Waals surface area contributed by atoms with Crippen LogP contribution in [-0.2, 0) is 19.2 Å². The van der Waals surface area contributed by atoms with Crippen LogP contribution in [0.3, 0.4) is 0 Å². The van der Waals surface area contributed by atoms with E-state index in [1.54, 1.807) is 20.8 Å². The zero-order valence-electron chi connectivity index (χ0n) is 13.1. The third-order valence-corrected chi connectivity index (χ3v) is 3.06. The highest BCUT2D eigenvalue weighted by Crippen LogP contribution is 2.09. The number of carbonyl (C=O) groups excluding carboxylic acids is 3. The molecule has 0 aromatic carbocycles. The number of nitrogens with zero attached hydrogens (tertiary/aromatic N) is 1. The number of hydrogen-bond acceptors (Lipinski definition) is 5. The van der Waals surface area contributed by atoms with Crippen molar-refractivity contribution in [2.75, 3.05) is 19.5 Å². The molecule has 7 nitrogen and oxygen atoms in total. The van der Waals surface area contributed by atoms with Gasteiger partial charge in [-0.05, 0) is 27.2 Å². The second kappa shape index (κ2) is 8.99. The summed E-state index contributed by atoms with van der Waals surface area (Å²) in [4.78, 5) is 40.0. The van der Waals surface area contributed by atoms with Crippen molar-refractivity contribution in [2.45, 2.75) is 45.3 Å². The molecule has 0 aliphatic rings. The predicted molar refractivity (Wildman–Crippen MR) is 81.0 cm³/mol. The van der Waals surface area contributed by atoms with Crippen LogP contribution in [0.1, 0.15) is 33.6 Å². The van der Waals surface area contributed by atoms with Crippen molar-refractivity contribution in [3.8, 4) is 0 Å². The first kappa shape index (κ1) is 19.9. The van der Waals surface area contributed by atoms with Gasteiger partial charge in [0.05, 0.1) is 12.4 Å². The number of Topliss-reactive ketones (excluding diaryl/α,β-unsaturated/α-hetero) is 1. The summed E-state index contributed by atoms with van der Waals surface area (Å²) in [6, 6.07) is -0.882. The van der Waals surface area contributed by atoms with E-state index >= 15 is 0 Å². The molecule has 0 aliphatic carbocycles. The molecule has 0 aromatic rings. The van der Waals surface area contributed by atoms with Crippen LogP contribution in [0.5, 0.6) is 0 Å². The predicted octanol–water partition coefficient (Wildman–Crippen LogP) is 1.64. The number of ketones is 1. The molecule has 0 spiro atoms. The Morgan fingerprint density at radius 2 is 1.86 bits per heavy atom. The van der Waals surface area contributed by atoms with Crippen LogP contribution in [-0.4, -0.2) is 54.0 Å². The highest BCUT2D eigenvalue weighted by molar-refractivity contribution is 9.09. The quantitative estimate of drug-likeness (QED) is 0.546. The van der Waals surface area contributed by atoms with E-state index in [2.05, 4.69) is 21.2 Å². The lowest BCUT2D eigenvalue weighted by Gasteiger charge is -2.25. The molecule has 2 amide bonds. The van der Waals surface area contributed by atoms with Gasteiger partial charge in [-0.3, -0.25) is 14.4 Å². The van der Waals surface area contributed by atoms with E-state index in [-0.39, 0.29) is 24.0 Å². The summed E-state index contributed by atoms with van der Waals surface area (Å²) >= 11 is 3.05. The minimum atomic E-state index is -0.882. The Morgan fingerprint density at radius 3 is 2.29 bits per heavy atom. The van der Waals surface area contributed by atoms with Gasteiger partial charge in [-0.1, -0.05) is 15.9 Å². The van der Waals surface area contributed by atoms with Gasteiger partial charge in [-0.25, -0.2) is 9.86 Å². The molecule has 8 heteroatoms. The monoisotopic (exact) mass is 366 g/mol. The van der Waals surface area contributed by atoms with Crippen molar-refractivity contribution in [1.82, 2.24) is 10.4 Å². The van der Waals surface area contributed by atoms with E-state index in [4.69, 9.17) is 9.57 Å². The van der Waals surface area contributed by atoms with Crippen molar-refractivity contribution >= 4 is 33.7 Å². The number of halogens is 1. The highest BCUT2D eigenvalue weighted by atomic mass is 79.9. The molecule has 0 radical (unpaired) electrons. The van der Waals surface area contributed by atoms with Crippen molar-refractivity contribution in [3.05, 3.63) is 0 Å². The van der Waals surface area contributed by atoms with Crippen LogP contribution in [0.2, 0.25) is 0 Å². The van der Waals surface area contributed by atoms with E-state index in [0.717, 1.165) is 5.06 Å². The Morgan fingerprint density at radius 1 is 1.29 bits per heavy atom. The van der Waals surface area contributed by atoms with Crippen LogP contribution in [0.15, 0.2) is 0 Å². The lowest BCUT2D eigenvalue weighted by molar-refractivity contribution is -0.171. The molecule has 0 saturated carbocycles. The molecular weight excluding hydrogens is 344 g/mol. The van der Waals surface area contributed by atoms with Crippen LogP contribution in [0, 0.1) is 0 Å². The van der Waals surface area contributed by atoms with Gasteiger partial charge in [-0.2, -0.15) is 0 Å². The average Bonchev–Trinajstić information content (AvgIpc) is 2.39. The standard InChI is InChI=1S/C13H23BrN2O5/c1-13(2,3)21-12(19)15-10(7-6-9(17)8-14)11(18)16(4)20-5/h10H,6-8H2,1-5H3,(H,15,19)/t10-/m0/s1. The number of nitrogens with one attached hydrogen (secondary N) is 1. The molecular formula is C13H23BrN2O5. The third-order valence-electron chi connectivity index (χ3n) is 2.43. The summed E-state index contributed by atoms with van der Waals surface area (Å²) in [5.41, 5.74) is -0.670. The van der Waals surface area contributed by atoms with Gasteiger partial charge in [0.15, 0.2) is 0 Å². The maximum Gasteiger partial charge on any atom is 0.408 e. The summed E-state index contributed by atoms with van der Waals surface area (Å²) in [6.07, 6.45) is -0.373. The van der Waals surface area contributed by atoms with Crippen LogP contribution in [0.4, 0.5) is 4.79 Å². The molecule has 0 saturated heterocycles. The first-order valence-corrected chi connectivity index (χ1v) is 7.61. The van der Waals surface area contributed by atoms with Crippen molar-refractivity contribution < 1.29 is 24.0 Å². The number of hydroxylamine groups is 2. The highest BCUT2D eigenvalue weighted by Gasteiger charge is 2.27. The summed E-state index contributed by atoms with van der Waals surface area (Å²) in [6.45, 7) is 5.16. The molecule has 122 valence electrons. The van der Waals surface area contributed by atoms with Crippen LogP contribution in [0.25, 0.3) is 0 Å². The van der Waals surface area contributed by atoms with E-state index in [1.165, 1.54) is 14.2 Å². The minimum absolute atomic E-state index is 0.0566. The third kappa shape index (κ3) is 8.67. The number of ether oxygens (including phenoxy) is 1. The van der Waals surface area contributed by atoms with Gasteiger partial charge >= 0.3 is 6.09 Å². The number of alkyl halides is 1. The van der Waals surface area contributed by atoms with E-state index in [9.17, 15) is 14.4 Å². The summed E-state index contributed by atoms with van der Waals surface area (Å²) < 4.78 is 5.11. The molecule has 1 atom stereocenters. The number of likely N-dealkylation sites (N-methyl/N-ethyl adjacent to an activating group) is 1. The van der Waals surface area contributed by atoms with E-state index < -0.39 is 23.6 Å². The maximum absolute atomic E-state index is 12.1. The molecule has 1 N–H and O–H groups in total. The number of hydrogen-bond donors (Lipinski definition) is 1. The Kier molecular flexibility index (Phi) is 8.50. The van der Waals surface area contributed by atoms with Gasteiger partial charge in [0, 0.05) is 13.5 Å². The Labute approximate surface area is 133 Å². The molecule has 0 fully saturated rings. The largest absolute Gasteiger partial charge is 0.444 e. The second-order valence-corrected chi connectivity index (χ2v) is 5.99. The van der Waals surface area contributed by atoms with Crippen LogP contribution < -0.4 is 5.32 Å².